The first kappa shape index (κ1) is 17.8. The van der Waals surface area contributed by atoms with Crippen molar-refractivity contribution in [2.24, 2.45) is 0 Å². The van der Waals surface area contributed by atoms with Gasteiger partial charge in [-0.15, -0.1) is 0 Å². The van der Waals surface area contributed by atoms with Gasteiger partial charge < -0.3 is 9.47 Å². The van der Waals surface area contributed by atoms with Crippen molar-refractivity contribution in [2.75, 3.05) is 13.2 Å². The van der Waals surface area contributed by atoms with E-state index in [9.17, 15) is 9.59 Å². The largest absolute Gasteiger partial charge is 0.462 e. The number of nitrogens with zero attached hydrogens (tertiary/aromatic N) is 1. The Hall–Kier alpha value is -1.26. The highest BCUT2D eigenvalue weighted by Gasteiger charge is 2.38. The van der Waals surface area contributed by atoms with E-state index in [0.29, 0.717) is 13.0 Å². The molecule has 0 spiro atoms. The van der Waals surface area contributed by atoms with E-state index in [2.05, 4.69) is 6.92 Å². The first-order valence-corrected chi connectivity index (χ1v) is 7.98. The van der Waals surface area contributed by atoms with Gasteiger partial charge >= 0.3 is 12.1 Å². The third-order valence-corrected chi connectivity index (χ3v) is 3.60. The van der Waals surface area contributed by atoms with Crippen molar-refractivity contribution >= 4 is 12.1 Å². The molecule has 1 rings (SSSR count). The molecule has 0 bridgehead atoms. The molecule has 0 unspecified atom stereocenters. The predicted octanol–water partition coefficient (Wildman–Crippen LogP) is 3.51. The number of hydrogen-bond acceptors (Lipinski definition) is 4. The number of rotatable bonds is 8. The molecule has 21 heavy (non-hydrogen) atoms. The maximum Gasteiger partial charge on any atom is 0.410 e. The summed E-state index contributed by atoms with van der Waals surface area (Å²) in [5.74, 6) is -0.197. The lowest BCUT2D eigenvalue weighted by molar-refractivity contribution is -0.146. The van der Waals surface area contributed by atoms with Gasteiger partial charge in [0.2, 0.25) is 0 Å². The summed E-state index contributed by atoms with van der Waals surface area (Å²) in [6.45, 7) is 8.67. The zero-order valence-corrected chi connectivity index (χ0v) is 13.8. The second-order valence-corrected chi connectivity index (χ2v) is 6.63. The molecule has 1 saturated heterocycles. The van der Waals surface area contributed by atoms with Crippen LogP contribution in [0.2, 0.25) is 0 Å². The molecule has 1 aliphatic heterocycles. The molecule has 5 nitrogen and oxygen atoms in total. The summed E-state index contributed by atoms with van der Waals surface area (Å²) in [7, 11) is 0. The number of cyclic esters (lactones) is 1. The molecule has 1 amide bonds. The summed E-state index contributed by atoms with van der Waals surface area (Å²) in [6, 6.07) is 0. The summed E-state index contributed by atoms with van der Waals surface area (Å²) in [5, 5.41) is 0. The molecule has 0 aliphatic carbocycles. The molecule has 1 atom stereocenters. The van der Waals surface area contributed by atoms with Gasteiger partial charge in [0, 0.05) is 12.0 Å². The molecule has 5 heteroatoms. The third kappa shape index (κ3) is 6.36. The Bertz CT molecular complexity index is 349. The van der Waals surface area contributed by atoms with Crippen LogP contribution in [-0.2, 0) is 14.3 Å². The Labute approximate surface area is 128 Å². The lowest BCUT2D eigenvalue weighted by atomic mass is 10.1. The third-order valence-electron chi connectivity index (χ3n) is 3.60. The van der Waals surface area contributed by atoms with Crippen molar-refractivity contribution in [3.05, 3.63) is 0 Å². The second kappa shape index (κ2) is 8.25. The maximum absolute atomic E-state index is 11.7. The van der Waals surface area contributed by atoms with Crippen LogP contribution in [-0.4, -0.2) is 41.8 Å². The number of ether oxygens (including phenoxy) is 2. The van der Waals surface area contributed by atoms with Crippen LogP contribution < -0.4 is 0 Å². The van der Waals surface area contributed by atoms with Crippen LogP contribution in [0.15, 0.2) is 0 Å². The minimum Gasteiger partial charge on any atom is -0.462 e. The van der Waals surface area contributed by atoms with Crippen molar-refractivity contribution in [1.82, 2.24) is 4.90 Å². The number of unbranched alkanes of at least 4 members (excludes halogenated alkanes) is 4. The van der Waals surface area contributed by atoms with Gasteiger partial charge in [0.15, 0.2) is 6.10 Å². The Morgan fingerprint density at radius 3 is 2.52 bits per heavy atom. The van der Waals surface area contributed by atoms with Crippen LogP contribution in [0.1, 0.15) is 66.2 Å². The maximum atomic E-state index is 11.7. The van der Waals surface area contributed by atoms with E-state index >= 15 is 0 Å². The Morgan fingerprint density at radius 2 is 1.95 bits per heavy atom. The molecule has 1 heterocycles. The summed E-state index contributed by atoms with van der Waals surface area (Å²) < 4.78 is 10.4. The number of esters is 1. The van der Waals surface area contributed by atoms with Gasteiger partial charge in [0.05, 0.1) is 6.54 Å². The molecular weight excluding hydrogens is 270 g/mol. The van der Waals surface area contributed by atoms with Gasteiger partial charge in [0.25, 0.3) is 0 Å². The van der Waals surface area contributed by atoms with E-state index in [0.717, 1.165) is 12.8 Å². The number of amides is 1. The smallest absolute Gasteiger partial charge is 0.410 e. The highest BCUT2D eigenvalue weighted by atomic mass is 16.6. The molecule has 0 aromatic rings. The van der Waals surface area contributed by atoms with Crippen LogP contribution in [0.5, 0.6) is 0 Å². The summed E-state index contributed by atoms with van der Waals surface area (Å²) >= 11 is 0. The van der Waals surface area contributed by atoms with E-state index in [4.69, 9.17) is 9.47 Å². The first-order chi connectivity index (χ1) is 9.84. The average Bonchev–Trinajstić information content (AvgIpc) is 2.77. The highest BCUT2D eigenvalue weighted by Crippen LogP contribution is 2.22. The summed E-state index contributed by atoms with van der Waals surface area (Å²) in [6.07, 6.45) is 5.30. The molecule has 1 aliphatic rings. The second-order valence-electron chi connectivity index (χ2n) is 6.63. The van der Waals surface area contributed by atoms with Crippen molar-refractivity contribution in [2.45, 2.75) is 77.9 Å². The number of carbonyl (C=O) groups is 2. The van der Waals surface area contributed by atoms with E-state index < -0.39 is 0 Å². The molecule has 122 valence electrons. The van der Waals surface area contributed by atoms with Gasteiger partial charge in [-0.05, 0) is 27.2 Å². The monoisotopic (exact) mass is 299 g/mol. The van der Waals surface area contributed by atoms with Crippen molar-refractivity contribution in [3.8, 4) is 0 Å². The van der Waals surface area contributed by atoms with Crippen molar-refractivity contribution in [1.29, 1.82) is 0 Å². The van der Waals surface area contributed by atoms with Gasteiger partial charge in [-0.25, -0.2) is 4.79 Å². The fraction of sp³-hybridized carbons (Fsp3) is 0.875. The highest BCUT2D eigenvalue weighted by molar-refractivity contribution is 5.71. The number of hydrogen-bond donors (Lipinski definition) is 0. The van der Waals surface area contributed by atoms with Crippen LogP contribution in [0.25, 0.3) is 0 Å². The van der Waals surface area contributed by atoms with Crippen LogP contribution >= 0.6 is 0 Å². The fourth-order valence-electron chi connectivity index (χ4n) is 2.29. The van der Waals surface area contributed by atoms with E-state index in [1.807, 2.05) is 20.8 Å². The van der Waals surface area contributed by atoms with Crippen LogP contribution in [0.3, 0.4) is 0 Å². The minimum absolute atomic E-state index is 0.159. The van der Waals surface area contributed by atoms with Gasteiger partial charge in [0.1, 0.15) is 6.61 Å². The van der Waals surface area contributed by atoms with Gasteiger partial charge in [-0.1, -0.05) is 32.6 Å². The molecule has 1 fully saturated rings. The fourth-order valence-corrected chi connectivity index (χ4v) is 2.29. The molecule has 0 radical (unpaired) electrons. The van der Waals surface area contributed by atoms with Crippen LogP contribution in [0, 0.1) is 0 Å². The van der Waals surface area contributed by atoms with Gasteiger partial charge in [-0.2, -0.15) is 0 Å². The Balaban J connectivity index is 2.18. The predicted molar refractivity (Wildman–Crippen MR) is 81.1 cm³/mol. The zero-order valence-electron chi connectivity index (χ0n) is 13.8. The molecule has 0 aromatic heterocycles. The SMILES string of the molecule is CCCCCCCC(=O)OC[C@H]1CN(C(C)(C)C)C(=O)O1. The molecule has 0 N–H and O–H groups in total. The van der Waals surface area contributed by atoms with Gasteiger partial charge in [-0.3, -0.25) is 9.69 Å². The number of carbonyl (C=O) groups excluding carboxylic acids is 2. The zero-order chi connectivity index (χ0) is 15.9. The quantitative estimate of drug-likeness (QED) is 0.508. The molecule has 0 saturated carbocycles. The Kier molecular flexibility index (Phi) is 6.99. The summed E-state index contributed by atoms with van der Waals surface area (Å²) in [4.78, 5) is 25.0. The minimum atomic E-state index is -0.347. The van der Waals surface area contributed by atoms with Crippen molar-refractivity contribution in [3.63, 3.8) is 0 Å². The van der Waals surface area contributed by atoms with E-state index in [1.165, 1.54) is 19.3 Å². The lowest BCUT2D eigenvalue weighted by Gasteiger charge is -2.29. The van der Waals surface area contributed by atoms with E-state index in [-0.39, 0.29) is 30.3 Å². The first-order valence-electron chi connectivity index (χ1n) is 7.98. The Morgan fingerprint density at radius 1 is 1.29 bits per heavy atom. The summed E-state index contributed by atoms with van der Waals surface area (Å²) in [5.41, 5.74) is -0.269. The molecule has 0 aromatic carbocycles. The van der Waals surface area contributed by atoms with Crippen LogP contribution in [0.4, 0.5) is 4.79 Å². The van der Waals surface area contributed by atoms with Crippen molar-refractivity contribution < 1.29 is 19.1 Å². The normalized spacial score (nSPS) is 18.8. The average molecular weight is 299 g/mol. The lowest BCUT2D eigenvalue weighted by Crippen LogP contribution is -2.42. The van der Waals surface area contributed by atoms with E-state index in [1.54, 1.807) is 4.90 Å². The standard InChI is InChI=1S/C16H29NO4/c1-5-6-7-8-9-10-14(18)20-12-13-11-17(15(19)21-13)16(2,3)4/h13H,5-12H2,1-4H3/t13-/m1/s1. The topological polar surface area (TPSA) is 55.8 Å². The molecular formula is C16H29NO4.